The first-order valence-corrected chi connectivity index (χ1v) is 18.8. The molecule has 2 atom stereocenters. The van der Waals surface area contributed by atoms with Crippen LogP contribution in [0.25, 0.3) is 22.5 Å². The Hall–Kier alpha value is -6.83. The van der Waals surface area contributed by atoms with Crippen molar-refractivity contribution in [2.24, 2.45) is 5.92 Å². The number of amides is 5. The Bertz CT molecular complexity index is 2120. The van der Waals surface area contributed by atoms with Gasteiger partial charge < -0.3 is 49.5 Å². The van der Waals surface area contributed by atoms with Gasteiger partial charge in [-0.15, -0.1) is 0 Å². The van der Waals surface area contributed by atoms with Gasteiger partial charge in [0.15, 0.2) is 0 Å². The number of alkyl carbamates (subject to hydrolysis) is 2. The number of rotatable bonds is 12. The summed E-state index contributed by atoms with van der Waals surface area (Å²) in [6.45, 7) is 6.86. The van der Waals surface area contributed by atoms with Crippen molar-refractivity contribution in [3.63, 3.8) is 0 Å². The van der Waals surface area contributed by atoms with Crippen molar-refractivity contribution in [1.29, 1.82) is 0 Å². The highest BCUT2D eigenvalue weighted by Gasteiger charge is 2.36. The number of hydrogen-bond acceptors (Lipinski definition) is 10. The summed E-state index contributed by atoms with van der Waals surface area (Å²) in [5.41, 5.74) is 4.78. The van der Waals surface area contributed by atoms with Gasteiger partial charge >= 0.3 is 18.3 Å². The summed E-state index contributed by atoms with van der Waals surface area (Å²) >= 11 is 0. The molecule has 17 heteroatoms. The molecule has 58 heavy (non-hydrogen) atoms. The Labute approximate surface area is 336 Å². The summed E-state index contributed by atoms with van der Waals surface area (Å²) in [5.74, 6) is 6.81. The van der Waals surface area contributed by atoms with Crippen molar-refractivity contribution in [2.45, 2.75) is 45.8 Å². The number of carbonyl (C=O) groups excluding carboxylic acids is 5. The molecule has 4 aromatic rings. The Kier molecular flexibility index (Phi) is 14.5. The third-order valence-corrected chi connectivity index (χ3v) is 9.51. The first-order chi connectivity index (χ1) is 27.9. The van der Waals surface area contributed by atoms with Crippen LogP contribution in [0.15, 0.2) is 60.9 Å². The van der Waals surface area contributed by atoms with Crippen molar-refractivity contribution >= 4 is 30.1 Å². The number of ether oxygens (including phenoxy) is 3. The van der Waals surface area contributed by atoms with Crippen LogP contribution in [0.4, 0.5) is 14.4 Å². The predicted molar refractivity (Wildman–Crippen MR) is 213 cm³/mol. The average molecular weight is 796 g/mol. The van der Waals surface area contributed by atoms with Gasteiger partial charge in [0, 0.05) is 42.5 Å². The largest absolute Gasteiger partial charge is 0.453 e. The molecule has 0 bridgehead atoms. The molecule has 1 aliphatic heterocycles. The van der Waals surface area contributed by atoms with Crippen LogP contribution < -0.4 is 10.6 Å². The highest BCUT2D eigenvalue weighted by molar-refractivity contribution is 5.86. The number of benzene rings is 2. The van der Waals surface area contributed by atoms with Gasteiger partial charge in [-0.25, -0.2) is 24.4 Å². The van der Waals surface area contributed by atoms with Crippen molar-refractivity contribution in [3.8, 4) is 34.4 Å². The molecule has 5 amide bonds. The molecule has 0 unspecified atom stereocenters. The molecule has 306 valence electrons. The maximum Gasteiger partial charge on any atom is 0.409 e. The minimum Gasteiger partial charge on any atom is -0.453 e. The molecule has 0 saturated carbocycles. The topological polar surface area (TPSA) is 204 Å². The number of nitrogens with zero attached hydrogens (tertiary/aromatic N) is 5. The molecule has 0 spiro atoms. The first-order valence-electron chi connectivity index (χ1n) is 18.8. The van der Waals surface area contributed by atoms with Gasteiger partial charge in [-0.1, -0.05) is 56.9 Å². The standard InChI is InChI=1S/C41H49N9O8/c1-7-18-48(38(52)36(26(2)3)47-40(54)57-5)25-34-42-21-31(45-34)29-14-10-27(11-15-29)8-9-28-12-16-30(17-13-28)32-22-43-37(46-32)33-24-49(41(55)58-6)19-20-50(33)35(51)23-44-39(53)56-4/h10-17,21-22,26,33,36H,7,18-20,23-25H2,1-6H3,(H,42,45)(H,43,46)(H,44,53)(H,47,54)/t33-,36-/m0/s1. The fraction of sp³-hybridized carbons (Fsp3) is 0.390. The quantitative estimate of drug-likeness (QED) is 0.118. The molecule has 1 fully saturated rings. The molecule has 2 aromatic heterocycles. The maximum atomic E-state index is 13.4. The van der Waals surface area contributed by atoms with Crippen LogP contribution in [0.2, 0.25) is 0 Å². The second kappa shape index (κ2) is 19.9. The number of aromatic nitrogens is 4. The summed E-state index contributed by atoms with van der Waals surface area (Å²) in [6, 6.07) is 14.0. The molecule has 0 aliphatic carbocycles. The van der Waals surface area contributed by atoms with Gasteiger partial charge in [0.05, 0.1) is 52.0 Å². The lowest BCUT2D eigenvalue weighted by Gasteiger charge is -2.39. The zero-order chi connectivity index (χ0) is 41.8. The van der Waals surface area contributed by atoms with Crippen molar-refractivity contribution < 1.29 is 38.2 Å². The van der Waals surface area contributed by atoms with Crippen molar-refractivity contribution in [1.82, 2.24) is 45.3 Å². The Morgan fingerprint density at radius 2 is 1.57 bits per heavy atom. The van der Waals surface area contributed by atoms with E-state index in [2.05, 4.69) is 42.2 Å². The third-order valence-electron chi connectivity index (χ3n) is 9.51. The second-order valence-corrected chi connectivity index (χ2v) is 13.8. The van der Waals surface area contributed by atoms with Crippen LogP contribution in [-0.2, 0) is 30.3 Å². The number of nitrogens with one attached hydrogen (secondary N) is 4. The predicted octanol–water partition coefficient (Wildman–Crippen LogP) is 4.29. The van der Waals surface area contributed by atoms with Crippen LogP contribution in [0, 0.1) is 17.8 Å². The van der Waals surface area contributed by atoms with E-state index in [1.807, 2.05) is 69.3 Å². The molecule has 4 N–H and O–H groups in total. The lowest BCUT2D eigenvalue weighted by molar-refractivity contribution is -0.135. The zero-order valence-electron chi connectivity index (χ0n) is 33.5. The van der Waals surface area contributed by atoms with Crippen LogP contribution >= 0.6 is 0 Å². The fourth-order valence-electron chi connectivity index (χ4n) is 6.39. The summed E-state index contributed by atoms with van der Waals surface area (Å²) in [6.07, 6.45) is 2.33. The monoisotopic (exact) mass is 795 g/mol. The SMILES string of the molecule is CCCN(Cc1ncc(-c2ccc(C#Cc3ccc(-c4c[nH]c([C@@H]5CN(C(=O)OC)CCN5C(=O)CNC(=O)OC)n4)cc3)cc2)[nH]1)C(=O)[C@@H](NC(=O)OC)C(C)C. The summed E-state index contributed by atoms with van der Waals surface area (Å²) in [5, 5.41) is 5.06. The van der Waals surface area contributed by atoms with Gasteiger partial charge in [-0.2, -0.15) is 0 Å². The van der Waals surface area contributed by atoms with Gasteiger partial charge in [0.2, 0.25) is 11.8 Å². The van der Waals surface area contributed by atoms with E-state index in [0.29, 0.717) is 23.9 Å². The molecular weight excluding hydrogens is 747 g/mol. The smallest absolute Gasteiger partial charge is 0.409 e. The lowest BCUT2D eigenvalue weighted by atomic mass is 10.0. The van der Waals surface area contributed by atoms with Crippen LogP contribution in [0.1, 0.15) is 56.0 Å². The Morgan fingerprint density at radius 3 is 2.17 bits per heavy atom. The summed E-state index contributed by atoms with van der Waals surface area (Å²) in [4.78, 5) is 82.8. The van der Waals surface area contributed by atoms with E-state index in [1.165, 1.54) is 26.2 Å². The number of H-pyrrole nitrogens is 2. The number of carbonyl (C=O) groups is 5. The van der Waals surface area contributed by atoms with E-state index in [1.54, 1.807) is 22.2 Å². The van der Waals surface area contributed by atoms with E-state index in [-0.39, 0.29) is 50.5 Å². The second-order valence-electron chi connectivity index (χ2n) is 13.8. The van der Waals surface area contributed by atoms with Gasteiger partial charge in [0.1, 0.15) is 30.3 Å². The minimum absolute atomic E-state index is 0.135. The molecule has 1 saturated heterocycles. The number of piperazine rings is 1. The van der Waals surface area contributed by atoms with Crippen molar-refractivity contribution in [2.75, 3.05) is 54.1 Å². The van der Waals surface area contributed by atoms with Gasteiger partial charge in [-0.3, -0.25) is 9.59 Å². The lowest BCUT2D eigenvalue weighted by Crippen LogP contribution is -2.54. The van der Waals surface area contributed by atoms with Gasteiger partial charge in [-0.05, 0) is 42.2 Å². The highest BCUT2D eigenvalue weighted by atomic mass is 16.5. The highest BCUT2D eigenvalue weighted by Crippen LogP contribution is 2.27. The first kappa shape index (κ1) is 42.3. The molecule has 0 radical (unpaired) electrons. The average Bonchev–Trinajstić information content (AvgIpc) is 3.94. The van der Waals surface area contributed by atoms with Crippen molar-refractivity contribution in [3.05, 3.63) is 83.7 Å². The Balaban J connectivity index is 1.23. The fourth-order valence-corrected chi connectivity index (χ4v) is 6.39. The van der Waals surface area contributed by atoms with E-state index in [0.717, 1.165) is 34.4 Å². The molecule has 2 aromatic carbocycles. The minimum atomic E-state index is -0.726. The summed E-state index contributed by atoms with van der Waals surface area (Å²) < 4.78 is 14.2. The van der Waals surface area contributed by atoms with Crippen LogP contribution in [-0.4, -0.2) is 125 Å². The number of aromatic amines is 2. The third kappa shape index (κ3) is 10.7. The van der Waals surface area contributed by atoms with E-state index >= 15 is 0 Å². The number of methoxy groups -OCH3 is 3. The number of imidazole rings is 2. The Morgan fingerprint density at radius 1 is 0.914 bits per heavy atom. The summed E-state index contributed by atoms with van der Waals surface area (Å²) in [7, 11) is 3.79. The number of hydrogen-bond donors (Lipinski definition) is 4. The molecule has 17 nitrogen and oxygen atoms in total. The van der Waals surface area contributed by atoms with E-state index < -0.39 is 30.4 Å². The van der Waals surface area contributed by atoms with Crippen LogP contribution in [0.3, 0.4) is 0 Å². The normalized spacial score (nSPS) is 14.2. The maximum absolute atomic E-state index is 13.4. The van der Waals surface area contributed by atoms with E-state index in [9.17, 15) is 24.0 Å². The van der Waals surface area contributed by atoms with Gasteiger partial charge in [0.25, 0.3) is 0 Å². The molecule has 1 aliphatic rings. The molecule has 3 heterocycles. The molecule has 5 rings (SSSR count). The van der Waals surface area contributed by atoms with Crippen LogP contribution in [0.5, 0.6) is 0 Å². The van der Waals surface area contributed by atoms with E-state index in [4.69, 9.17) is 14.5 Å². The zero-order valence-corrected chi connectivity index (χ0v) is 33.5. The molecular formula is C41H49N9O8.